The second-order valence-corrected chi connectivity index (χ2v) is 9.51. The summed E-state index contributed by atoms with van der Waals surface area (Å²) in [5, 5.41) is 6.33. The minimum absolute atomic E-state index is 0.0836. The summed E-state index contributed by atoms with van der Waals surface area (Å²) >= 11 is 0. The molecule has 0 unspecified atom stereocenters. The molecule has 1 fully saturated rings. The molecule has 0 aliphatic carbocycles. The van der Waals surface area contributed by atoms with Crippen molar-refractivity contribution in [3.8, 4) is 11.3 Å². The van der Waals surface area contributed by atoms with Gasteiger partial charge in [-0.2, -0.15) is 0 Å². The van der Waals surface area contributed by atoms with E-state index in [4.69, 9.17) is 14.5 Å². The van der Waals surface area contributed by atoms with Gasteiger partial charge in [0.15, 0.2) is 0 Å². The van der Waals surface area contributed by atoms with Gasteiger partial charge < -0.3 is 20.1 Å². The fourth-order valence-corrected chi connectivity index (χ4v) is 4.41. The molecule has 2 aromatic carbocycles. The van der Waals surface area contributed by atoms with E-state index in [1.165, 1.54) is 0 Å². The van der Waals surface area contributed by atoms with Crippen LogP contribution in [0.2, 0.25) is 0 Å². The molecule has 1 aromatic heterocycles. The monoisotopic (exact) mass is 513 g/mol. The van der Waals surface area contributed by atoms with Crippen molar-refractivity contribution in [1.82, 2.24) is 20.2 Å². The average molecular weight is 513 g/mol. The van der Waals surface area contributed by atoms with Crippen LogP contribution in [0.3, 0.4) is 0 Å². The zero-order chi connectivity index (χ0) is 26.7. The smallest absolute Gasteiger partial charge is 0.251 e. The fourth-order valence-electron chi connectivity index (χ4n) is 4.41. The number of amides is 1. The Kier molecular flexibility index (Phi) is 10.0. The SMILES string of the molecule is Bc1cc(Nc2ncc(C)c(-c3cccc(COCC=C)c3)n2)cc(C(=O)NCCCN2CCOCC2)c1. The molecule has 0 bridgehead atoms. The first-order valence-corrected chi connectivity index (χ1v) is 13.1. The van der Waals surface area contributed by atoms with Crippen LogP contribution in [0.1, 0.15) is 27.9 Å². The van der Waals surface area contributed by atoms with Gasteiger partial charge in [-0.05, 0) is 49.2 Å². The van der Waals surface area contributed by atoms with Gasteiger partial charge >= 0.3 is 0 Å². The maximum Gasteiger partial charge on any atom is 0.251 e. The van der Waals surface area contributed by atoms with Crippen LogP contribution in [-0.4, -0.2) is 74.6 Å². The molecule has 0 atom stereocenters. The minimum atomic E-state index is -0.0836. The summed E-state index contributed by atoms with van der Waals surface area (Å²) in [5.74, 6) is 0.390. The number of nitrogens with one attached hydrogen (secondary N) is 2. The number of hydrogen-bond donors (Lipinski definition) is 2. The van der Waals surface area contributed by atoms with Gasteiger partial charge in [0.2, 0.25) is 5.95 Å². The van der Waals surface area contributed by atoms with E-state index in [9.17, 15) is 4.79 Å². The summed E-state index contributed by atoms with van der Waals surface area (Å²) in [6, 6.07) is 13.9. The number of carbonyl (C=O) groups is 1. The van der Waals surface area contributed by atoms with Crippen molar-refractivity contribution in [3.05, 3.63) is 78.0 Å². The third-order valence-electron chi connectivity index (χ3n) is 6.31. The molecule has 1 amide bonds. The minimum Gasteiger partial charge on any atom is -0.379 e. The van der Waals surface area contributed by atoms with Gasteiger partial charge in [0.25, 0.3) is 5.91 Å². The van der Waals surface area contributed by atoms with Crippen molar-refractivity contribution in [3.63, 3.8) is 0 Å². The van der Waals surface area contributed by atoms with Crippen LogP contribution in [0.4, 0.5) is 11.6 Å². The molecule has 38 heavy (non-hydrogen) atoms. The van der Waals surface area contributed by atoms with Crippen molar-refractivity contribution in [2.75, 3.05) is 51.3 Å². The second kappa shape index (κ2) is 13.9. The predicted molar refractivity (Wildman–Crippen MR) is 154 cm³/mol. The van der Waals surface area contributed by atoms with Crippen molar-refractivity contribution in [2.45, 2.75) is 20.0 Å². The van der Waals surface area contributed by atoms with Gasteiger partial charge in [-0.15, -0.1) is 6.58 Å². The van der Waals surface area contributed by atoms with Gasteiger partial charge in [0.1, 0.15) is 7.85 Å². The van der Waals surface area contributed by atoms with E-state index in [0.29, 0.717) is 31.3 Å². The molecule has 4 rings (SSSR count). The summed E-state index contributed by atoms with van der Waals surface area (Å²) < 4.78 is 11.0. The molecule has 1 saturated heterocycles. The Labute approximate surface area is 225 Å². The van der Waals surface area contributed by atoms with Crippen LogP contribution in [0.5, 0.6) is 0 Å². The number of hydrogen-bond acceptors (Lipinski definition) is 7. The molecule has 0 spiro atoms. The van der Waals surface area contributed by atoms with Gasteiger partial charge in [-0.1, -0.05) is 35.8 Å². The van der Waals surface area contributed by atoms with Crippen LogP contribution in [-0.2, 0) is 16.1 Å². The first-order chi connectivity index (χ1) is 18.5. The first kappa shape index (κ1) is 27.5. The molecule has 0 radical (unpaired) electrons. The molecular weight excluding hydrogens is 477 g/mol. The van der Waals surface area contributed by atoms with E-state index in [1.807, 2.05) is 57.4 Å². The molecule has 9 heteroatoms. The number of rotatable bonds is 12. The number of aryl methyl sites for hydroxylation is 1. The van der Waals surface area contributed by atoms with E-state index in [-0.39, 0.29) is 5.91 Å². The molecule has 2 heterocycles. The Morgan fingerprint density at radius 3 is 2.89 bits per heavy atom. The number of benzene rings is 2. The first-order valence-electron chi connectivity index (χ1n) is 13.1. The quantitative estimate of drug-likeness (QED) is 0.219. The summed E-state index contributed by atoms with van der Waals surface area (Å²) in [6.07, 6.45) is 4.46. The van der Waals surface area contributed by atoms with Gasteiger partial charge in [0, 0.05) is 42.6 Å². The summed E-state index contributed by atoms with van der Waals surface area (Å²) in [7, 11) is 1.97. The number of aromatic nitrogens is 2. The molecule has 8 nitrogen and oxygen atoms in total. The van der Waals surface area contributed by atoms with Crippen LogP contribution in [0.15, 0.2) is 61.3 Å². The highest BCUT2D eigenvalue weighted by atomic mass is 16.5. The van der Waals surface area contributed by atoms with E-state index in [0.717, 1.165) is 72.8 Å². The van der Waals surface area contributed by atoms with Crippen LogP contribution in [0, 0.1) is 6.92 Å². The highest BCUT2D eigenvalue weighted by Gasteiger charge is 2.12. The fraction of sp³-hybridized carbons (Fsp3) is 0.345. The van der Waals surface area contributed by atoms with Crippen molar-refractivity contribution in [1.29, 1.82) is 0 Å². The second-order valence-electron chi connectivity index (χ2n) is 9.51. The lowest BCUT2D eigenvalue weighted by Crippen LogP contribution is -2.38. The summed E-state index contributed by atoms with van der Waals surface area (Å²) in [6.45, 7) is 11.8. The topological polar surface area (TPSA) is 88.6 Å². The number of ether oxygens (including phenoxy) is 2. The van der Waals surface area contributed by atoms with Crippen LogP contribution >= 0.6 is 0 Å². The van der Waals surface area contributed by atoms with Gasteiger partial charge in [0.05, 0.1) is 32.1 Å². The van der Waals surface area contributed by atoms with Crippen molar-refractivity contribution >= 4 is 30.9 Å². The zero-order valence-corrected chi connectivity index (χ0v) is 22.3. The number of carbonyl (C=O) groups excluding carboxylic acids is 1. The maximum atomic E-state index is 12.8. The zero-order valence-electron chi connectivity index (χ0n) is 22.3. The maximum absolute atomic E-state index is 12.8. The Bertz CT molecular complexity index is 1250. The average Bonchev–Trinajstić information content (AvgIpc) is 2.92. The van der Waals surface area contributed by atoms with Crippen LogP contribution < -0.4 is 16.1 Å². The Morgan fingerprint density at radius 2 is 2.08 bits per heavy atom. The standard InChI is InChI=1S/C29H36BN5O3/c1-3-12-38-20-22-6-4-7-23(15-22)27-21(2)19-32-29(34-27)33-26-17-24(16-25(30)18-26)28(36)31-8-5-9-35-10-13-37-14-11-35/h3-4,6-7,15-19H,1,5,8-14,20,30H2,2H3,(H,31,36)(H,32,33,34). The van der Waals surface area contributed by atoms with Gasteiger partial charge in [-0.3, -0.25) is 9.69 Å². The lowest BCUT2D eigenvalue weighted by molar-refractivity contribution is 0.0374. The third kappa shape index (κ3) is 7.98. The molecule has 0 saturated carbocycles. The molecule has 1 aliphatic heterocycles. The Morgan fingerprint density at radius 1 is 1.24 bits per heavy atom. The van der Waals surface area contributed by atoms with E-state index in [1.54, 1.807) is 6.08 Å². The number of nitrogens with zero attached hydrogens (tertiary/aromatic N) is 3. The lowest BCUT2D eigenvalue weighted by Gasteiger charge is -2.26. The van der Waals surface area contributed by atoms with Crippen molar-refractivity contribution < 1.29 is 14.3 Å². The van der Waals surface area contributed by atoms with Crippen LogP contribution in [0.25, 0.3) is 11.3 Å². The summed E-state index contributed by atoms with van der Waals surface area (Å²) in [5.41, 5.74) is 6.24. The highest BCUT2D eigenvalue weighted by Crippen LogP contribution is 2.24. The third-order valence-corrected chi connectivity index (χ3v) is 6.31. The van der Waals surface area contributed by atoms with Gasteiger partial charge in [-0.25, -0.2) is 9.97 Å². The lowest BCUT2D eigenvalue weighted by atomic mass is 9.93. The molecule has 2 N–H and O–H groups in total. The molecular formula is C29H36BN5O3. The molecule has 198 valence electrons. The predicted octanol–water partition coefficient (Wildman–Crippen LogP) is 2.61. The molecule has 3 aromatic rings. The Balaban J connectivity index is 1.40. The Hall–Kier alpha value is -3.53. The van der Waals surface area contributed by atoms with E-state index < -0.39 is 0 Å². The summed E-state index contributed by atoms with van der Waals surface area (Å²) in [4.78, 5) is 24.5. The van der Waals surface area contributed by atoms with Crippen molar-refractivity contribution in [2.24, 2.45) is 0 Å². The molecule has 1 aliphatic rings. The number of anilines is 2. The highest BCUT2D eigenvalue weighted by molar-refractivity contribution is 6.33. The number of morpholine rings is 1. The largest absolute Gasteiger partial charge is 0.379 e. The van der Waals surface area contributed by atoms with E-state index >= 15 is 0 Å². The van der Waals surface area contributed by atoms with E-state index in [2.05, 4.69) is 33.2 Å². The normalized spacial score (nSPS) is 13.7.